The summed E-state index contributed by atoms with van der Waals surface area (Å²) in [5.74, 6) is 5.63. The van der Waals surface area contributed by atoms with Crippen molar-refractivity contribution in [2.45, 2.75) is 6.54 Å². The molecule has 18 heavy (non-hydrogen) atoms. The molecule has 0 saturated carbocycles. The Morgan fingerprint density at radius 3 is 2.28 bits per heavy atom. The number of carbonyl (C=O) groups is 2. The Kier molecular flexibility index (Phi) is 4.50. The van der Waals surface area contributed by atoms with Crippen LogP contribution in [0.2, 0.25) is 0 Å². The molecule has 2 amide bonds. The first-order valence-electron chi connectivity index (χ1n) is 5.13. The molecule has 0 fully saturated rings. The second-order valence-corrected chi connectivity index (χ2v) is 3.82. The Morgan fingerprint density at radius 2 is 1.83 bits per heavy atom. The van der Waals surface area contributed by atoms with E-state index in [1.165, 1.54) is 4.90 Å². The maximum absolute atomic E-state index is 11.3. The molecular formula is C11H15N3O4. The summed E-state index contributed by atoms with van der Waals surface area (Å²) >= 11 is 0. The van der Waals surface area contributed by atoms with Crippen LogP contribution in [0.3, 0.4) is 0 Å². The molecule has 0 aliphatic rings. The van der Waals surface area contributed by atoms with Gasteiger partial charge in [-0.15, -0.1) is 0 Å². The van der Waals surface area contributed by atoms with Crippen molar-refractivity contribution < 1.29 is 19.4 Å². The molecule has 1 rings (SSSR count). The molecule has 98 valence electrons. The Morgan fingerprint density at radius 1 is 1.28 bits per heavy atom. The molecule has 3 N–H and O–H groups in total. The van der Waals surface area contributed by atoms with E-state index in [2.05, 4.69) is 0 Å². The second kappa shape index (κ2) is 5.87. The van der Waals surface area contributed by atoms with E-state index < -0.39 is 12.2 Å². The number of nitrogens with zero attached hydrogens (tertiary/aromatic N) is 2. The molecule has 7 nitrogen and oxygen atoms in total. The fraction of sp³-hybridized carbons (Fsp3) is 0.273. The van der Waals surface area contributed by atoms with Gasteiger partial charge < -0.3 is 14.7 Å². The number of hydrazine groups is 1. The molecule has 0 saturated heterocycles. The quantitative estimate of drug-likeness (QED) is 0.477. The van der Waals surface area contributed by atoms with Crippen molar-refractivity contribution in [3.63, 3.8) is 0 Å². The van der Waals surface area contributed by atoms with Gasteiger partial charge in [-0.2, -0.15) is 0 Å². The van der Waals surface area contributed by atoms with Crippen LogP contribution in [0.4, 0.5) is 9.59 Å². The summed E-state index contributed by atoms with van der Waals surface area (Å²) in [6.45, 7) is 0.0667. The lowest BCUT2D eigenvalue weighted by molar-refractivity contribution is 0.143. The van der Waals surface area contributed by atoms with E-state index in [0.717, 1.165) is 0 Å². The highest BCUT2D eigenvalue weighted by Gasteiger charge is 2.09. The number of carboxylic acid groups (broad SMARTS) is 1. The zero-order chi connectivity index (χ0) is 13.7. The molecule has 0 bridgehead atoms. The predicted octanol–water partition coefficient (Wildman–Crippen LogP) is 1.10. The van der Waals surface area contributed by atoms with Crippen molar-refractivity contribution >= 4 is 12.2 Å². The predicted molar refractivity (Wildman–Crippen MR) is 63.9 cm³/mol. The number of hydrogen-bond acceptors (Lipinski definition) is 4. The van der Waals surface area contributed by atoms with Crippen LogP contribution in [0, 0.1) is 0 Å². The van der Waals surface area contributed by atoms with Gasteiger partial charge in [-0.1, -0.05) is 12.1 Å². The third kappa shape index (κ3) is 3.95. The highest BCUT2D eigenvalue weighted by molar-refractivity contribution is 5.70. The molecule has 0 heterocycles. The first kappa shape index (κ1) is 13.8. The van der Waals surface area contributed by atoms with Gasteiger partial charge in [0.25, 0.3) is 0 Å². The summed E-state index contributed by atoms with van der Waals surface area (Å²) < 4.78 is 5.01. The number of nitrogens with two attached hydrogens (primary N) is 1. The Bertz CT molecular complexity index is 430. The standard InChI is InChI=1S/C11H15N3O4/c1-13(2)11(17)18-9-5-3-8(4-6-9)7-14(12)10(15)16/h3-6H,7,12H2,1-2H3,(H,15,16). The maximum atomic E-state index is 11.3. The lowest BCUT2D eigenvalue weighted by Gasteiger charge is -2.13. The van der Waals surface area contributed by atoms with Crippen LogP contribution in [0.25, 0.3) is 0 Å². The van der Waals surface area contributed by atoms with Gasteiger partial charge in [0.1, 0.15) is 5.75 Å². The molecule has 0 aliphatic heterocycles. The van der Waals surface area contributed by atoms with Gasteiger partial charge in [-0.05, 0) is 17.7 Å². The maximum Gasteiger partial charge on any atom is 0.421 e. The van der Waals surface area contributed by atoms with E-state index in [-0.39, 0.29) is 6.54 Å². The molecule has 0 aromatic heterocycles. The smallest absolute Gasteiger partial charge is 0.421 e. The zero-order valence-electron chi connectivity index (χ0n) is 10.2. The lowest BCUT2D eigenvalue weighted by atomic mass is 10.2. The molecule has 0 radical (unpaired) electrons. The average Bonchev–Trinajstić information content (AvgIpc) is 2.31. The number of benzene rings is 1. The fourth-order valence-corrected chi connectivity index (χ4v) is 1.12. The third-order valence-corrected chi connectivity index (χ3v) is 2.09. The number of hydrogen-bond donors (Lipinski definition) is 2. The SMILES string of the molecule is CN(C)C(=O)Oc1ccc(CN(N)C(=O)O)cc1. The van der Waals surface area contributed by atoms with Gasteiger partial charge in [0.15, 0.2) is 0 Å². The summed E-state index contributed by atoms with van der Waals surface area (Å²) in [6.07, 6.45) is -1.69. The fourth-order valence-electron chi connectivity index (χ4n) is 1.12. The Labute approximate surface area is 104 Å². The number of rotatable bonds is 3. The van der Waals surface area contributed by atoms with Crippen LogP contribution in [0.15, 0.2) is 24.3 Å². The van der Waals surface area contributed by atoms with E-state index in [4.69, 9.17) is 15.7 Å². The number of carbonyl (C=O) groups excluding carboxylic acids is 1. The Hall–Kier alpha value is -2.28. The second-order valence-electron chi connectivity index (χ2n) is 3.82. The number of amides is 2. The molecule has 1 aromatic carbocycles. The van der Waals surface area contributed by atoms with Crippen molar-refractivity contribution in [3.8, 4) is 5.75 Å². The van der Waals surface area contributed by atoms with Gasteiger partial charge in [0.05, 0.1) is 6.54 Å². The molecular weight excluding hydrogens is 238 g/mol. The monoisotopic (exact) mass is 253 g/mol. The average molecular weight is 253 g/mol. The summed E-state index contributed by atoms with van der Waals surface area (Å²) in [4.78, 5) is 23.1. The van der Waals surface area contributed by atoms with Crippen molar-refractivity contribution in [2.75, 3.05) is 14.1 Å². The minimum Gasteiger partial charge on any atom is -0.464 e. The molecule has 0 atom stereocenters. The van der Waals surface area contributed by atoms with Crippen molar-refractivity contribution in [2.24, 2.45) is 5.84 Å². The van der Waals surface area contributed by atoms with Crippen LogP contribution < -0.4 is 10.6 Å². The third-order valence-electron chi connectivity index (χ3n) is 2.09. The van der Waals surface area contributed by atoms with Crippen LogP contribution in [-0.2, 0) is 6.54 Å². The molecule has 0 aliphatic carbocycles. The van der Waals surface area contributed by atoms with Crippen molar-refractivity contribution in [1.82, 2.24) is 9.91 Å². The molecule has 0 spiro atoms. The van der Waals surface area contributed by atoms with E-state index in [0.29, 0.717) is 16.3 Å². The number of ether oxygens (including phenoxy) is 1. The van der Waals surface area contributed by atoms with Gasteiger partial charge in [-0.3, -0.25) is 0 Å². The van der Waals surface area contributed by atoms with Gasteiger partial charge in [0, 0.05) is 14.1 Å². The summed E-state index contributed by atoms with van der Waals surface area (Å²) in [6, 6.07) is 6.43. The highest BCUT2D eigenvalue weighted by atomic mass is 16.6. The van der Waals surface area contributed by atoms with E-state index in [1.54, 1.807) is 38.4 Å². The van der Waals surface area contributed by atoms with Crippen LogP contribution in [0.1, 0.15) is 5.56 Å². The Balaban J connectivity index is 2.63. The van der Waals surface area contributed by atoms with Crippen LogP contribution in [-0.4, -0.2) is 41.3 Å². The normalized spacial score (nSPS) is 9.72. The molecule has 1 aromatic rings. The first-order chi connectivity index (χ1) is 8.40. The molecule has 0 unspecified atom stereocenters. The van der Waals surface area contributed by atoms with Crippen molar-refractivity contribution in [3.05, 3.63) is 29.8 Å². The van der Waals surface area contributed by atoms with E-state index >= 15 is 0 Å². The van der Waals surface area contributed by atoms with Gasteiger partial charge in [-0.25, -0.2) is 20.4 Å². The van der Waals surface area contributed by atoms with E-state index in [1.807, 2.05) is 0 Å². The first-order valence-corrected chi connectivity index (χ1v) is 5.13. The minimum atomic E-state index is -1.21. The van der Waals surface area contributed by atoms with Crippen LogP contribution in [0.5, 0.6) is 5.75 Å². The minimum absolute atomic E-state index is 0.0667. The van der Waals surface area contributed by atoms with Crippen LogP contribution >= 0.6 is 0 Å². The van der Waals surface area contributed by atoms with Gasteiger partial charge in [0.2, 0.25) is 0 Å². The zero-order valence-corrected chi connectivity index (χ0v) is 10.2. The summed E-state index contributed by atoms with van der Waals surface area (Å²) in [5, 5.41) is 9.27. The summed E-state index contributed by atoms with van der Waals surface area (Å²) in [7, 11) is 3.16. The highest BCUT2D eigenvalue weighted by Crippen LogP contribution is 2.13. The largest absolute Gasteiger partial charge is 0.464 e. The van der Waals surface area contributed by atoms with Crippen molar-refractivity contribution in [1.29, 1.82) is 0 Å². The van der Waals surface area contributed by atoms with Gasteiger partial charge >= 0.3 is 12.2 Å². The molecule has 7 heteroatoms. The topological polar surface area (TPSA) is 96.1 Å². The summed E-state index contributed by atoms with van der Waals surface area (Å²) in [5.41, 5.74) is 0.699. The lowest BCUT2D eigenvalue weighted by Crippen LogP contribution is -2.35. The van der Waals surface area contributed by atoms with E-state index in [9.17, 15) is 9.59 Å².